The van der Waals surface area contributed by atoms with E-state index in [2.05, 4.69) is 20.8 Å². The van der Waals surface area contributed by atoms with Gasteiger partial charge in [0.2, 0.25) is 0 Å². The maximum absolute atomic E-state index is 10.2. The molecule has 2 aromatic carbocycles. The van der Waals surface area contributed by atoms with Crippen molar-refractivity contribution in [2.24, 2.45) is 20.8 Å². The molecule has 0 fully saturated rings. The van der Waals surface area contributed by atoms with E-state index in [0.717, 1.165) is 11.1 Å². The van der Waals surface area contributed by atoms with Gasteiger partial charge in [0, 0.05) is 0 Å². The van der Waals surface area contributed by atoms with Gasteiger partial charge in [-0.3, -0.25) is 0 Å². The van der Waals surface area contributed by atoms with E-state index in [1.807, 2.05) is 0 Å². The third kappa shape index (κ3) is 3.11. The minimum Gasteiger partial charge on any atom is -0.775 e. The summed E-state index contributed by atoms with van der Waals surface area (Å²) in [7, 11) is 2.95. The van der Waals surface area contributed by atoms with Gasteiger partial charge in [0.25, 0.3) is 0 Å². The Morgan fingerprint density at radius 3 is 1.45 bits per heavy atom. The average molecular weight is 300 g/mol. The zero-order valence-electron chi connectivity index (χ0n) is 11.9. The molecule has 8 heteroatoms. The minimum absolute atomic E-state index is 0.338. The number of hydrogen-bond donors (Lipinski definition) is 0. The van der Waals surface area contributed by atoms with Gasteiger partial charge in [-0.15, -0.1) is 0 Å². The van der Waals surface area contributed by atoms with Crippen LogP contribution < -0.4 is 9.47 Å². The molecular formula is C14H12N4O4-2. The molecule has 2 rings (SSSR count). The van der Waals surface area contributed by atoms with Gasteiger partial charge < -0.3 is 19.9 Å². The molecule has 0 aliphatic carbocycles. The van der Waals surface area contributed by atoms with Crippen molar-refractivity contribution in [2.45, 2.75) is 0 Å². The van der Waals surface area contributed by atoms with Crippen molar-refractivity contribution in [3.63, 3.8) is 0 Å². The standard InChI is InChI=1S/C14H14N4O4/c1-21-13-7-9(3-5-11(13)15-17-19)10-4-6-12(16-18-20)14(8-10)22-2/h3-8H,1-2H3,(H,15,19)(H,16,20)/p-2. The van der Waals surface area contributed by atoms with Crippen LogP contribution in [-0.4, -0.2) is 14.2 Å². The Labute approximate surface area is 126 Å². The molecule has 0 unspecified atom stereocenters. The van der Waals surface area contributed by atoms with Crippen LogP contribution >= 0.6 is 0 Å². The van der Waals surface area contributed by atoms with Crippen LogP contribution in [0.4, 0.5) is 11.4 Å². The van der Waals surface area contributed by atoms with Gasteiger partial charge in [0.1, 0.15) is 22.9 Å². The van der Waals surface area contributed by atoms with E-state index in [9.17, 15) is 10.4 Å². The van der Waals surface area contributed by atoms with E-state index < -0.39 is 0 Å². The first kappa shape index (κ1) is 15.2. The lowest BCUT2D eigenvalue weighted by atomic mass is 10.0. The predicted molar refractivity (Wildman–Crippen MR) is 80.7 cm³/mol. The van der Waals surface area contributed by atoms with E-state index in [-0.39, 0.29) is 0 Å². The molecule has 22 heavy (non-hydrogen) atoms. The van der Waals surface area contributed by atoms with E-state index in [1.165, 1.54) is 14.2 Å². The molecule has 0 heterocycles. The van der Waals surface area contributed by atoms with Gasteiger partial charge >= 0.3 is 0 Å². The molecule has 0 saturated carbocycles. The summed E-state index contributed by atoms with van der Waals surface area (Å²) in [5.74, 6) is 0.832. The van der Waals surface area contributed by atoms with Crippen molar-refractivity contribution in [2.75, 3.05) is 14.2 Å². The molecule has 0 radical (unpaired) electrons. The first-order chi connectivity index (χ1) is 10.7. The smallest absolute Gasteiger partial charge is 0.146 e. The molecule has 0 saturated heterocycles. The lowest BCUT2D eigenvalue weighted by Crippen LogP contribution is -1.87. The Kier molecular flexibility index (Phi) is 4.86. The van der Waals surface area contributed by atoms with Crippen LogP contribution in [0.3, 0.4) is 0 Å². The molecule has 8 nitrogen and oxygen atoms in total. The third-order valence-corrected chi connectivity index (χ3v) is 2.99. The van der Waals surface area contributed by atoms with Crippen molar-refractivity contribution in [3.05, 3.63) is 46.8 Å². The van der Waals surface area contributed by atoms with Crippen molar-refractivity contribution in [3.8, 4) is 22.6 Å². The van der Waals surface area contributed by atoms with Crippen LogP contribution in [0.5, 0.6) is 11.5 Å². The van der Waals surface area contributed by atoms with E-state index in [0.29, 0.717) is 22.9 Å². The first-order valence-electron chi connectivity index (χ1n) is 6.16. The van der Waals surface area contributed by atoms with Crippen molar-refractivity contribution in [1.82, 2.24) is 0 Å². The molecule has 0 bridgehead atoms. The highest BCUT2D eigenvalue weighted by molar-refractivity contribution is 5.73. The Morgan fingerprint density at radius 2 is 1.14 bits per heavy atom. The first-order valence-corrected chi connectivity index (χ1v) is 6.16. The van der Waals surface area contributed by atoms with Crippen LogP contribution in [0.15, 0.2) is 57.2 Å². The average Bonchev–Trinajstić information content (AvgIpc) is 2.56. The molecule has 0 aliphatic rings. The fourth-order valence-electron chi connectivity index (χ4n) is 1.97. The number of benzene rings is 2. The second-order valence-corrected chi connectivity index (χ2v) is 4.14. The predicted octanol–water partition coefficient (Wildman–Crippen LogP) is 4.53. The largest absolute Gasteiger partial charge is 0.775 e. The summed E-state index contributed by atoms with van der Waals surface area (Å²) in [6, 6.07) is 10.2. The van der Waals surface area contributed by atoms with Gasteiger partial charge in [-0.2, -0.15) is 10.2 Å². The van der Waals surface area contributed by atoms with Gasteiger partial charge in [-0.1, -0.05) is 12.1 Å². The Bertz CT molecular complexity index is 654. The summed E-state index contributed by atoms with van der Waals surface area (Å²) in [5.41, 5.74) is 2.30. The zero-order chi connectivity index (χ0) is 15.9. The second kappa shape index (κ2) is 7.02. The van der Waals surface area contributed by atoms with E-state index in [1.54, 1.807) is 36.4 Å². The summed E-state index contributed by atoms with van der Waals surface area (Å²) in [4.78, 5) is 0. The Hall–Kier alpha value is -3.16. The maximum Gasteiger partial charge on any atom is 0.146 e. The van der Waals surface area contributed by atoms with Gasteiger partial charge in [-0.25, -0.2) is 10.6 Å². The van der Waals surface area contributed by atoms with Crippen LogP contribution in [0.25, 0.3) is 11.1 Å². The fourth-order valence-corrected chi connectivity index (χ4v) is 1.97. The lowest BCUT2D eigenvalue weighted by molar-refractivity contribution is 0.415. The van der Waals surface area contributed by atoms with E-state index >= 15 is 0 Å². The highest BCUT2D eigenvalue weighted by atomic mass is 16.5. The summed E-state index contributed by atoms with van der Waals surface area (Å²) in [6.45, 7) is 0. The van der Waals surface area contributed by atoms with E-state index in [4.69, 9.17) is 9.47 Å². The Balaban J connectivity index is 2.47. The number of methoxy groups -OCH3 is 2. The molecule has 0 atom stereocenters. The van der Waals surface area contributed by atoms with Crippen molar-refractivity contribution in [1.29, 1.82) is 0 Å². The summed E-state index contributed by atoms with van der Waals surface area (Å²) in [5, 5.41) is 32.4. The molecular weight excluding hydrogens is 288 g/mol. The number of hydrogen-bond acceptors (Lipinski definition) is 8. The SMILES string of the molecule is COc1cc(-c2ccc(N=N[O-])c(OC)c2)ccc1N=N[O-]. The summed E-state index contributed by atoms with van der Waals surface area (Å²) < 4.78 is 10.4. The number of ether oxygens (including phenoxy) is 2. The van der Waals surface area contributed by atoms with Gasteiger partial charge in [0.05, 0.1) is 14.2 Å². The molecule has 0 amide bonds. The zero-order valence-corrected chi connectivity index (χ0v) is 11.9. The molecule has 0 N–H and O–H groups in total. The van der Waals surface area contributed by atoms with Gasteiger partial charge in [-0.05, 0) is 35.4 Å². The lowest BCUT2D eigenvalue weighted by Gasteiger charge is -2.10. The van der Waals surface area contributed by atoms with Gasteiger partial charge in [0.15, 0.2) is 0 Å². The molecule has 0 aromatic heterocycles. The number of nitrogens with zero attached hydrogens (tertiary/aromatic N) is 4. The topological polar surface area (TPSA) is 114 Å². The summed E-state index contributed by atoms with van der Waals surface area (Å²) >= 11 is 0. The third-order valence-electron chi connectivity index (χ3n) is 2.99. The quantitative estimate of drug-likeness (QED) is 0.595. The minimum atomic E-state index is 0.338. The number of rotatable bonds is 5. The second-order valence-electron chi connectivity index (χ2n) is 4.14. The summed E-state index contributed by atoms with van der Waals surface area (Å²) in [6.07, 6.45) is 0. The van der Waals surface area contributed by atoms with Crippen LogP contribution in [0.1, 0.15) is 0 Å². The Morgan fingerprint density at radius 1 is 0.727 bits per heavy atom. The van der Waals surface area contributed by atoms with Crippen molar-refractivity contribution < 1.29 is 9.47 Å². The normalized spacial score (nSPS) is 11.2. The highest BCUT2D eigenvalue weighted by Crippen LogP contribution is 2.36. The molecule has 0 spiro atoms. The molecule has 2 aromatic rings. The van der Waals surface area contributed by atoms with Crippen LogP contribution in [0, 0.1) is 10.4 Å². The van der Waals surface area contributed by atoms with Crippen molar-refractivity contribution >= 4 is 11.4 Å². The molecule has 0 aliphatic heterocycles. The maximum atomic E-state index is 10.2. The fraction of sp³-hybridized carbons (Fsp3) is 0.143. The monoisotopic (exact) mass is 300 g/mol. The highest BCUT2D eigenvalue weighted by Gasteiger charge is 2.08. The molecule has 114 valence electrons. The van der Waals surface area contributed by atoms with Crippen LogP contribution in [0.2, 0.25) is 0 Å². The van der Waals surface area contributed by atoms with Crippen LogP contribution in [-0.2, 0) is 0 Å².